The third-order valence-corrected chi connectivity index (χ3v) is 4.33. The molecule has 3 heterocycles. The number of halogens is 1. The smallest absolute Gasteiger partial charge is 0.202 e. The Labute approximate surface area is 120 Å². The Morgan fingerprint density at radius 3 is 3.11 bits per heavy atom. The van der Waals surface area contributed by atoms with Gasteiger partial charge in [-0.2, -0.15) is 0 Å². The normalized spacial score (nSPS) is 21.1. The Bertz CT molecular complexity index is 594. The highest BCUT2D eigenvalue weighted by Crippen LogP contribution is 2.23. The van der Waals surface area contributed by atoms with Gasteiger partial charge >= 0.3 is 0 Å². The van der Waals surface area contributed by atoms with Crippen LogP contribution in [0.2, 0.25) is 0 Å². The van der Waals surface area contributed by atoms with E-state index in [-0.39, 0.29) is 0 Å². The summed E-state index contributed by atoms with van der Waals surface area (Å²) >= 11 is 3.41. The second-order valence-corrected chi connectivity index (χ2v) is 6.12. The number of aromatic nitrogens is 3. The first-order chi connectivity index (χ1) is 9.15. The van der Waals surface area contributed by atoms with E-state index in [0.29, 0.717) is 12.0 Å². The minimum Gasteiger partial charge on any atom is -0.369 e. The van der Waals surface area contributed by atoms with E-state index in [2.05, 4.69) is 37.8 Å². The fourth-order valence-corrected chi connectivity index (χ4v) is 3.09. The Morgan fingerprint density at radius 1 is 1.47 bits per heavy atom. The van der Waals surface area contributed by atoms with E-state index < -0.39 is 0 Å². The van der Waals surface area contributed by atoms with Gasteiger partial charge in [0.25, 0.3) is 0 Å². The lowest BCUT2D eigenvalue weighted by Crippen LogP contribution is -2.39. The van der Waals surface area contributed by atoms with Gasteiger partial charge < -0.3 is 10.6 Å². The molecule has 0 spiro atoms. The van der Waals surface area contributed by atoms with Crippen LogP contribution < -0.4 is 5.73 Å². The number of likely N-dealkylation sites (N-methyl/N-ethyl adjacent to an activating group) is 1. The summed E-state index contributed by atoms with van der Waals surface area (Å²) < 4.78 is 2.97. The van der Waals surface area contributed by atoms with Gasteiger partial charge in [0, 0.05) is 23.3 Å². The van der Waals surface area contributed by atoms with Gasteiger partial charge in [0.1, 0.15) is 5.52 Å². The fourth-order valence-electron chi connectivity index (χ4n) is 2.77. The van der Waals surface area contributed by atoms with E-state index in [4.69, 9.17) is 5.73 Å². The van der Waals surface area contributed by atoms with Crippen LogP contribution in [-0.2, 0) is 6.54 Å². The van der Waals surface area contributed by atoms with Crippen LogP contribution in [0.3, 0.4) is 0 Å². The molecule has 1 aliphatic rings. The third kappa shape index (κ3) is 2.47. The average Bonchev–Trinajstić information content (AvgIpc) is 2.68. The molecule has 1 saturated heterocycles. The molecule has 1 aliphatic heterocycles. The van der Waals surface area contributed by atoms with Crippen LogP contribution in [0.1, 0.15) is 19.3 Å². The molecule has 0 aromatic carbocycles. The molecule has 1 unspecified atom stereocenters. The number of nitrogen functional groups attached to an aromatic ring is 1. The third-order valence-electron chi connectivity index (χ3n) is 3.90. The van der Waals surface area contributed by atoms with E-state index in [1.165, 1.54) is 19.3 Å². The largest absolute Gasteiger partial charge is 0.369 e. The molecule has 6 heteroatoms. The van der Waals surface area contributed by atoms with Crippen LogP contribution in [0.15, 0.2) is 16.7 Å². The molecule has 0 radical (unpaired) electrons. The van der Waals surface area contributed by atoms with E-state index in [9.17, 15) is 0 Å². The molecule has 1 atom stereocenters. The molecule has 3 rings (SSSR count). The Hall–Kier alpha value is -1.14. The zero-order valence-electron chi connectivity index (χ0n) is 11.0. The topological polar surface area (TPSA) is 60.0 Å². The highest BCUT2D eigenvalue weighted by molar-refractivity contribution is 9.10. The number of nitrogens with two attached hydrogens (primary N) is 1. The number of imidazole rings is 1. The lowest BCUT2D eigenvalue weighted by molar-refractivity contribution is 0.169. The number of rotatable bonds is 2. The zero-order chi connectivity index (χ0) is 13.4. The molecule has 19 heavy (non-hydrogen) atoms. The van der Waals surface area contributed by atoms with E-state index in [1.807, 2.05) is 10.6 Å². The monoisotopic (exact) mass is 323 g/mol. The van der Waals surface area contributed by atoms with Crippen molar-refractivity contribution in [3.05, 3.63) is 16.7 Å². The summed E-state index contributed by atoms with van der Waals surface area (Å²) in [5, 5.41) is 0. The predicted octanol–water partition coefficient (Wildman–Crippen LogP) is 2.26. The molecule has 0 aliphatic carbocycles. The summed E-state index contributed by atoms with van der Waals surface area (Å²) in [6.45, 7) is 2.03. The van der Waals surface area contributed by atoms with E-state index in [0.717, 1.165) is 28.7 Å². The molecular weight excluding hydrogens is 306 g/mol. The SMILES string of the molecule is CN1CCCCC1Cn1c(N)nc2cc(Br)cnc21. The van der Waals surface area contributed by atoms with Crippen LogP contribution >= 0.6 is 15.9 Å². The van der Waals surface area contributed by atoms with Crippen LogP contribution in [0.25, 0.3) is 11.2 Å². The molecule has 2 N–H and O–H groups in total. The molecule has 5 nitrogen and oxygen atoms in total. The molecule has 0 bridgehead atoms. The number of pyridine rings is 1. The fraction of sp³-hybridized carbons (Fsp3) is 0.538. The van der Waals surface area contributed by atoms with Gasteiger partial charge in [0.2, 0.25) is 5.95 Å². The van der Waals surface area contributed by atoms with Crippen molar-refractivity contribution in [2.75, 3.05) is 19.3 Å². The standard InChI is InChI=1S/C13H18BrN5/c1-18-5-3-2-4-10(18)8-19-12-11(17-13(19)15)6-9(14)7-16-12/h6-7,10H,2-5,8H2,1H3,(H2,15,17). The van der Waals surface area contributed by atoms with Crippen molar-refractivity contribution in [1.29, 1.82) is 0 Å². The van der Waals surface area contributed by atoms with Gasteiger partial charge in [-0.05, 0) is 48.4 Å². The predicted molar refractivity (Wildman–Crippen MR) is 79.9 cm³/mol. The maximum Gasteiger partial charge on any atom is 0.202 e. The van der Waals surface area contributed by atoms with Crippen molar-refractivity contribution in [1.82, 2.24) is 19.4 Å². The van der Waals surface area contributed by atoms with Crippen molar-refractivity contribution in [3.63, 3.8) is 0 Å². The quantitative estimate of drug-likeness (QED) is 0.920. The van der Waals surface area contributed by atoms with Crippen molar-refractivity contribution >= 4 is 33.0 Å². The molecular formula is C13H18BrN5. The summed E-state index contributed by atoms with van der Waals surface area (Å²) in [5.74, 6) is 0.555. The summed E-state index contributed by atoms with van der Waals surface area (Å²) in [7, 11) is 2.18. The number of piperidine rings is 1. The van der Waals surface area contributed by atoms with Crippen LogP contribution in [0.5, 0.6) is 0 Å². The van der Waals surface area contributed by atoms with Crippen LogP contribution in [0, 0.1) is 0 Å². The van der Waals surface area contributed by atoms with Crippen LogP contribution in [-0.4, -0.2) is 39.1 Å². The molecule has 0 saturated carbocycles. The molecule has 102 valence electrons. The lowest BCUT2D eigenvalue weighted by Gasteiger charge is -2.32. The van der Waals surface area contributed by atoms with Crippen molar-refractivity contribution < 1.29 is 0 Å². The second kappa shape index (κ2) is 5.09. The van der Waals surface area contributed by atoms with E-state index in [1.54, 1.807) is 6.20 Å². The van der Waals surface area contributed by atoms with Gasteiger partial charge in [-0.25, -0.2) is 9.97 Å². The summed E-state index contributed by atoms with van der Waals surface area (Å²) in [5.41, 5.74) is 7.77. The Kier molecular flexibility index (Phi) is 3.45. The number of anilines is 1. The van der Waals surface area contributed by atoms with Crippen LogP contribution in [0.4, 0.5) is 5.95 Å². The first-order valence-corrected chi connectivity index (χ1v) is 7.42. The Morgan fingerprint density at radius 2 is 2.32 bits per heavy atom. The average molecular weight is 324 g/mol. The first-order valence-electron chi connectivity index (χ1n) is 6.62. The number of hydrogen-bond donors (Lipinski definition) is 1. The maximum absolute atomic E-state index is 6.04. The molecule has 2 aromatic heterocycles. The van der Waals surface area contributed by atoms with Gasteiger partial charge in [-0.1, -0.05) is 6.42 Å². The number of hydrogen-bond acceptors (Lipinski definition) is 4. The van der Waals surface area contributed by atoms with E-state index >= 15 is 0 Å². The van der Waals surface area contributed by atoms with Gasteiger partial charge in [-0.3, -0.25) is 4.57 Å². The number of nitrogens with zero attached hydrogens (tertiary/aromatic N) is 4. The van der Waals surface area contributed by atoms with Gasteiger partial charge in [0.05, 0.1) is 0 Å². The minimum absolute atomic E-state index is 0.527. The molecule has 2 aromatic rings. The zero-order valence-corrected chi connectivity index (χ0v) is 12.6. The summed E-state index contributed by atoms with van der Waals surface area (Å²) in [4.78, 5) is 11.3. The highest BCUT2D eigenvalue weighted by atomic mass is 79.9. The first kappa shape index (κ1) is 12.9. The highest BCUT2D eigenvalue weighted by Gasteiger charge is 2.21. The molecule has 1 fully saturated rings. The summed E-state index contributed by atoms with van der Waals surface area (Å²) in [6, 6.07) is 2.48. The molecule has 0 amide bonds. The summed E-state index contributed by atoms with van der Waals surface area (Å²) in [6.07, 6.45) is 5.59. The minimum atomic E-state index is 0.527. The Balaban J connectivity index is 1.93. The lowest BCUT2D eigenvalue weighted by atomic mass is 10.0. The second-order valence-electron chi connectivity index (χ2n) is 5.21. The number of likely N-dealkylation sites (tertiary alicyclic amines) is 1. The van der Waals surface area contributed by atoms with Crippen molar-refractivity contribution in [3.8, 4) is 0 Å². The van der Waals surface area contributed by atoms with Crippen molar-refractivity contribution in [2.45, 2.75) is 31.8 Å². The maximum atomic E-state index is 6.04. The number of fused-ring (bicyclic) bond motifs is 1. The van der Waals surface area contributed by atoms with Crippen molar-refractivity contribution in [2.24, 2.45) is 0 Å². The van der Waals surface area contributed by atoms with Gasteiger partial charge in [0.15, 0.2) is 5.65 Å². The van der Waals surface area contributed by atoms with Gasteiger partial charge in [-0.15, -0.1) is 0 Å².